The van der Waals surface area contributed by atoms with Crippen LogP contribution in [0, 0.1) is 0 Å². The van der Waals surface area contributed by atoms with Gasteiger partial charge in [0, 0.05) is 24.3 Å². The lowest BCUT2D eigenvalue weighted by Crippen LogP contribution is -2.03. The quantitative estimate of drug-likeness (QED) is 0.380. The molecule has 0 aromatic heterocycles. The van der Waals surface area contributed by atoms with Crippen molar-refractivity contribution in [3.05, 3.63) is 35.4 Å². The Kier molecular flexibility index (Phi) is 8.54. The highest BCUT2D eigenvalue weighted by molar-refractivity contribution is 6.00. The molecule has 0 aliphatic heterocycles. The third-order valence-corrected chi connectivity index (χ3v) is 4.58. The highest BCUT2D eigenvalue weighted by Crippen LogP contribution is 2.34. The summed E-state index contributed by atoms with van der Waals surface area (Å²) in [5, 5.41) is 20.0. The Morgan fingerprint density at radius 1 is 0.710 bits per heavy atom. The average Bonchev–Trinajstić information content (AvgIpc) is 2.71. The standard InChI is InChI=1S/C23H28O8/c1-14(24)22-18(26)10-16(12-20(22)28-3)30-8-6-5-7-9-31-17-11-19(27)23(15(2)25)21(13-17)29-4/h10-13,26-27H,5-9H2,1-4H3. The topological polar surface area (TPSA) is 112 Å². The van der Waals surface area contributed by atoms with E-state index in [-0.39, 0.29) is 45.7 Å². The van der Waals surface area contributed by atoms with Gasteiger partial charge in [0.15, 0.2) is 11.6 Å². The molecule has 0 atom stereocenters. The highest BCUT2D eigenvalue weighted by atomic mass is 16.5. The number of ether oxygens (including phenoxy) is 4. The van der Waals surface area contributed by atoms with Crippen LogP contribution in [0.2, 0.25) is 0 Å². The van der Waals surface area contributed by atoms with Gasteiger partial charge in [-0.1, -0.05) is 0 Å². The number of carbonyl (C=O) groups excluding carboxylic acids is 2. The summed E-state index contributed by atoms with van der Waals surface area (Å²) in [6.45, 7) is 3.55. The van der Waals surface area contributed by atoms with Crippen molar-refractivity contribution in [1.82, 2.24) is 0 Å². The van der Waals surface area contributed by atoms with Gasteiger partial charge in [-0.05, 0) is 33.1 Å². The van der Waals surface area contributed by atoms with E-state index in [1.54, 1.807) is 12.1 Å². The molecule has 8 nitrogen and oxygen atoms in total. The first-order chi connectivity index (χ1) is 14.8. The molecule has 2 aromatic carbocycles. The minimum Gasteiger partial charge on any atom is -0.507 e. The van der Waals surface area contributed by atoms with Crippen LogP contribution < -0.4 is 18.9 Å². The van der Waals surface area contributed by atoms with Crippen LogP contribution in [0.25, 0.3) is 0 Å². The van der Waals surface area contributed by atoms with E-state index < -0.39 is 0 Å². The van der Waals surface area contributed by atoms with E-state index in [1.165, 1.54) is 40.2 Å². The fourth-order valence-corrected chi connectivity index (χ4v) is 3.11. The summed E-state index contributed by atoms with van der Waals surface area (Å²) in [6.07, 6.45) is 2.32. The van der Waals surface area contributed by atoms with Crippen LogP contribution >= 0.6 is 0 Å². The van der Waals surface area contributed by atoms with Crippen molar-refractivity contribution in [3.63, 3.8) is 0 Å². The molecule has 0 unspecified atom stereocenters. The van der Waals surface area contributed by atoms with Crippen LogP contribution in [0.5, 0.6) is 34.5 Å². The Hall–Kier alpha value is -3.42. The Labute approximate surface area is 181 Å². The molecule has 0 saturated heterocycles. The second kappa shape index (κ2) is 11.1. The maximum Gasteiger partial charge on any atom is 0.167 e. The second-order valence-corrected chi connectivity index (χ2v) is 6.91. The van der Waals surface area contributed by atoms with E-state index in [4.69, 9.17) is 18.9 Å². The van der Waals surface area contributed by atoms with Crippen LogP contribution in [0.15, 0.2) is 24.3 Å². The van der Waals surface area contributed by atoms with Crippen molar-refractivity contribution in [2.75, 3.05) is 27.4 Å². The van der Waals surface area contributed by atoms with Gasteiger partial charge in [0.1, 0.15) is 45.6 Å². The minimum atomic E-state index is -0.289. The van der Waals surface area contributed by atoms with Crippen molar-refractivity contribution >= 4 is 11.6 Å². The Bertz CT molecular complexity index is 860. The number of hydrogen-bond donors (Lipinski definition) is 2. The number of phenols is 2. The van der Waals surface area contributed by atoms with E-state index in [2.05, 4.69) is 0 Å². The van der Waals surface area contributed by atoms with E-state index >= 15 is 0 Å². The van der Waals surface area contributed by atoms with Crippen LogP contribution in [0.4, 0.5) is 0 Å². The van der Waals surface area contributed by atoms with Crippen molar-refractivity contribution in [3.8, 4) is 34.5 Å². The van der Waals surface area contributed by atoms with E-state index in [0.29, 0.717) is 24.7 Å². The molecular formula is C23H28O8. The molecule has 0 fully saturated rings. The summed E-state index contributed by atoms with van der Waals surface area (Å²) < 4.78 is 21.6. The van der Waals surface area contributed by atoms with Gasteiger partial charge in [0.2, 0.25) is 0 Å². The number of aromatic hydroxyl groups is 2. The van der Waals surface area contributed by atoms with E-state index in [0.717, 1.165) is 19.3 Å². The summed E-state index contributed by atoms with van der Waals surface area (Å²) >= 11 is 0. The minimum absolute atomic E-state index is 0.131. The number of phenolic OH excluding ortho intramolecular Hbond substituents is 2. The molecule has 168 valence electrons. The van der Waals surface area contributed by atoms with Gasteiger partial charge in [0.25, 0.3) is 0 Å². The molecule has 0 amide bonds. The third-order valence-electron chi connectivity index (χ3n) is 4.58. The number of rotatable bonds is 12. The maximum atomic E-state index is 11.6. The lowest BCUT2D eigenvalue weighted by Gasteiger charge is -2.13. The monoisotopic (exact) mass is 432 g/mol. The van der Waals surface area contributed by atoms with Crippen molar-refractivity contribution in [1.29, 1.82) is 0 Å². The summed E-state index contributed by atoms with van der Waals surface area (Å²) in [5.74, 6) is 0.447. The first kappa shape index (κ1) is 23.9. The molecule has 0 spiro atoms. The number of carbonyl (C=O) groups is 2. The first-order valence-corrected chi connectivity index (χ1v) is 9.88. The van der Waals surface area contributed by atoms with Gasteiger partial charge in [-0.15, -0.1) is 0 Å². The molecule has 31 heavy (non-hydrogen) atoms. The number of ketones is 2. The van der Waals surface area contributed by atoms with Gasteiger partial charge >= 0.3 is 0 Å². The fourth-order valence-electron chi connectivity index (χ4n) is 3.11. The summed E-state index contributed by atoms with van der Waals surface area (Å²) in [7, 11) is 2.85. The number of methoxy groups -OCH3 is 2. The molecule has 0 aliphatic rings. The van der Waals surface area contributed by atoms with Gasteiger partial charge in [0.05, 0.1) is 27.4 Å². The third kappa shape index (κ3) is 6.28. The zero-order valence-corrected chi connectivity index (χ0v) is 18.2. The molecule has 2 rings (SSSR count). The summed E-state index contributed by atoms with van der Waals surface area (Å²) in [6, 6.07) is 5.94. The van der Waals surface area contributed by atoms with E-state index in [9.17, 15) is 19.8 Å². The molecule has 0 saturated carbocycles. The number of Topliss-reactive ketones (excluding diaryl/α,β-unsaturated/α-hetero) is 2. The molecule has 0 aliphatic carbocycles. The van der Waals surface area contributed by atoms with Crippen LogP contribution in [0.1, 0.15) is 53.8 Å². The van der Waals surface area contributed by atoms with Crippen LogP contribution in [-0.2, 0) is 0 Å². The Morgan fingerprint density at radius 2 is 1.10 bits per heavy atom. The SMILES string of the molecule is COc1cc(OCCCCCOc2cc(O)c(C(C)=O)c(OC)c2)cc(O)c1C(C)=O. The summed E-state index contributed by atoms with van der Waals surface area (Å²) in [4.78, 5) is 23.2. The molecule has 8 heteroatoms. The van der Waals surface area contributed by atoms with Gasteiger partial charge < -0.3 is 29.2 Å². The molecule has 2 N–H and O–H groups in total. The second-order valence-electron chi connectivity index (χ2n) is 6.91. The lowest BCUT2D eigenvalue weighted by molar-refractivity contribution is 0.0998. The Balaban J connectivity index is 1.78. The summed E-state index contributed by atoms with van der Waals surface area (Å²) in [5.41, 5.74) is 0.261. The zero-order chi connectivity index (χ0) is 23.0. The predicted molar refractivity (Wildman–Crippen MR) is 114 cm³/mol. The highest BCUT2D eigenvalue weighted by Gasteiger charge is 2.17. The maximum absolute atomic E-state index is 11.6. The normalized spacial score (nSPS) is 10.5. The Morgan fingerprint density at radius 3 is 1.42 bits per heavy atom. The van der Waals surface area contributed by atoms with Crippen LogP contribution in [0.3, 0.4) is 0 Å². The van der Waals surface area contributed by atoms with Gasteiger partial charge in [-0.25, -0.2) is 0 Å². The smallest absolute Gasteiger partial charge is 0.167 e. The molecule has 2 aromatic rings. The van der Waals surface area contributed by atoms with Crippen molar-refractivity contribution < 1.29 is 38.7 Å². The molecule has 0 radical (unpaired) electrons. The zero-order valence-electron chi connectivity index (χ0n) is 18.2. The molecule has 0 heterocycles. The van der Waals surface area contributed by atoms with Crippen molar-refractivity contribution in [2.45, 2.75) is 33.1 Å². The van der Waals surface area contributed by atoms with Gasteiger partial charge in [-0.2, -0.15) is 0 Å². The number of benzene rings is 2. The molecular weight excluding hydrogens is 404 g/mol. The molecule has 0 bridgehead atoms. The van der Waals surface area contributed by atoms with Crippen LogP contribution in [-0.4, -0.2) is 49.2 Å². The average molecular weight is 432 g/mol. The predicted octanol–water partition coefficient (Wildman–Crippen LogP) is 4.15. The van der Waals surface area contributed by atoms with Crippen molar-refractivity contribution in [2.24, 2.45) is 0 Å². The lowest BCUT2D eigenvalue weighted by atomic mass is 10.1. The number of unbranched alkanes of at least 4 members (excludes halogenated alkanes) is 2. The first-order valence-electron chi connectivity index (χ1n) is 9.88. The van der Waals surface area contributed by atoms with E-state index in [1.807, 2.05) is 0 Å². The number of hydrogen-bond acceptors (Lipinski definition) is 8. The fraction of sp³-hybridized carbons (Fsp3) is 0.391. The van der Waals surface area contributed by atoms with Gasteiger partial charge in [-0.3, -0.25) is 9.59 Å². The largest absolute Gasteiger partial charge is 0.507 e.